The fourth-order valence-electron chi connectivity index (χ4n) is 5.70. The van der Waals surface area contributed by atoms with Crippen LogP contribution in [-0.4, -0.2) is 62.4 Å². The van der Waals surface area contributed by atoms with E-state index in [-0.39, 0.29) is 0 Å². The van der Waals surface area contributed by atoms with Crippen LogP contribution in [0.4, 0.5) is 4.39 Å². The molecule has 4 nitrogen and oxygen atoms in total. The molecule has 2 saturated heterocycles. The number of halogens is 1. The van der Waals surface area contributed by atoms with Crippen molar-refractivity contribution in [3.8, 4) is 11.5 Å². The standard InChI is InChI=1S/C27H35FN2O2/c1-31-22-7-5-20(6-8-22)26-19-30-14-2-4-27(30)25-18-23(9-10-24(25)26)32-17-3-13-29-15-11-21(28)12-16-29/h5-10,18,21,26-27H,2-4,11-17,19H2,1H3. The van der Waals surface area contributed by atoms with E-state index in [4.69, 9.17) is 9.47 Å². The van der Waals surface area contributed by atoms with Crippen molar-refractivity contribution in [3.63, 3.8) is 0 Å². The van der Waals surface area contributed by atoms with Gasteiger partial charge in [0.05, 0.1) is 13.7 Å². The molecular formula is C27H35FN2O2. The van der Waals surface area contributed by atoms with Gasteiger partial charge in [-0.1, -0.05) is 18.2 Å². The molecule has 2 fully saturated rings. The number of nitrogens with zero attached hydrogens (tertiary/aromatic N) is 2. The Morgan fingerprint density at radius 1 is 0.938 bits per heavy atom. The highest BCUT2D eigenvalue weighted by molar-refractivity contribution is 5.47. The van der Waals surface area contributed by atoms with E-state index in [0.717, 1.165) is 44.1 Å². The Balaban J connectivity index is 1.26. The summed E-state index contributed by atoms with van der Waals surface area (Å²) >= 11 is 0. The maximum absolute atomic E-state index is 13.3. The molecule has 0 saturated carbocycles. The van der Waals surface area contributed by atoms with Gasteiger partial charge in [-0.25, -0.2) is 4.39 Å². The van der Waals surface area contributed by atoms with Gasteiger partial charge in [0.2, 0.25) is 0 Å². The molecule has 2 aromatic carbocycles. The first-order valence-corrected chi connectivity index (χ1v) is 12.2. The van der Waals surface area contributed by atoms with Crippen molar-refractivity contribution < 1.29 is 13.9 Å². The zero-order valence-electron chi connectivity index (χ0n) is 19.1. The summed E-state index contributed by atoms with van der Waals surface area (Å²) in [7, 11) is 1.72. The van der Waals surface area contributed by atoms with E-state index in [0.29, 0.717) is 31.4 Å². The number of likely N-dealkylation sites (tertiary alicyclic amines) is 1. The molecule has 3 aliphatic heterocycles. The first kappa shape index (κ1) is 21.7. The predicted octanol–water partition coefficient (Wildman–Crippen LogP) is 5.18. The summed E-state index contributed by atoms with van der Waals surface area (Å²) < 4.78 is 24.8. The molecule has 0 bridgehead atoms. The predicted molar refractivity (Wildman–Crippen MR) is 126 cm³/mol. The molecule has 0 aliphatic carbocycles. The molecule has 2 unspecified atom stereocenters. The number of hydrogen-bond acceptors (Lipinski definition) is 4. The highest BCUT2D eigenvalue weighted by Crippen LogP contribution is 2.45. The number of piperidine rings is 1. The van der Waals surface area contributed by atoms with E-state index in [1.807, 2.05) is 0 Å². The van der Waals surface area contributed by atoms with Crippen LogP contribution in [0.15, 0.2) is 42.5 Å². The minimum absolute atomic E-state index is 0.387. The molecule has 0 N–H and O–H groups in total. The van der Waals surface area contributed by atoms with Crippen LogP contribution >= 0.6 is 0 Å². The van der Waals surface area contributed by atoms with Crippen LogP contribution in [0.1, 0.15) is 60.8 Å². The van der Waals surface area contributed by atoms with Crippen molar-refractivity contribution in [2.75, 3.05) is 46.4 Å². The van der Waals surface area contributed by atoms with Crippen LogP contribution in [0.2, 0.25) is 0 Å². The van der Waals surface area contributed by atoms with Crippen molar-refractivity contribution in [2.45, 2.75) is 50.2 Å². The Morgan fingerprint density at radius 2 is 1.72 bits per heavy atom. The average molecular weight is 439 g/mol. The SMILES string of the molecule is COc1ccc(C2CN3CCCC3c3cc(OCCCN4CCC(F)CC4)ccc32)cc1. The van der Waals surface area contributed by atoms with Gasteiger partial charge >= 0.3 is 0 Å². The lowest BCUT2D eigenvalue weighted by atomic mass is 9.81. The lowest BCUT2D eigenvalue weighted by Crippen LogP contribution is -2.35. The Hall–Kier alpha value is -2.11. The van der Waals surface area contributed by atoms with Gasteiger partial charge in [-0.05, 0) is 79.6 Å². The Bertz CT molecular complexity index is 895. The largest absolute Gasteiger partial charge is 0.497 e. The molecule has 0 spiro atoms. The van der Waals surface area contributed by atoms with Crippen molar-refractivity contribution in [1.29, 1.82) is 0 Å². The third-order valence-electron chi connectivity index (χ3n) is 7.50. The molecule has 2 atom stereocenters. The van der Waals surface area contributed by atoms with E-state index in [9.17, 15) is 4.39 Å². The monoisotopic (exact) mass is 438 g/mol. The molecular weight excluding hydrogens is 403 g/mol. The van der Waals surface area contributed by atoms with Gasteiger partial charge in [-0.2, -0.15) is 0 Å². The highest BCUT2D eigenvalue weighted by atomic mass is 19.1. The summed E-state index contributed by atoms with van der Waals surface area (Å²) in [5.74, 6) is 2.27. The second-order valence-corrected chi connectivity index (χ2v) is 9.49. The zero-order chi connectivity index (χ0) is 21.9. The lowest BCUT2D eigenvalue weighted by Gasteiger charge is -2.37. The smallest absolute Gasteiger partial charge is 0.119 e. The summed E-state index contributed by atoms with van der Waals surface area (Å²) in [6.07, 6.45) is 4.24. The number of hydrogen-bond donors (Lipinski definition) is 0. The van der Waals surface area contributed by atoms with Gasteiger partial charge in [0.25, 0.3) is 0 Å². The molecule has 5 heteroatoms. The van der Waals surface area contributed by atoms with Gasteiger partial charge in [-0.3, -0.25) is 4.90 Å². The molecule has 5 rings (SSSR count). The van der Waals surface area contributed by atoms with Crippen LogP contribution in [0.5, 0.6) is 11.5 Å². The van der Waals surface area contributed by atoms with Gasteiger partial charge < -0.3 is 14.4 Å². The van der Waals surface area contributed by atoms with Crippen LogP contribution in [0.3, 0.4) is 0 Å². The first-order valence-electron chi connectivity index (χ1n) is 12.2. The minimum atomic E-state index is -0.602. The Labute approximate surface area is 191 Å². The number of rotatable bonds is 7. The van der Waals surface area contributed by atoms with Crippen molar-refractivity contribution in [1.82, 2.24) is 9.80 Å². The highest BCUT2D eigenvalue weighted by Gasteiger charge is 2.36. The Kier molecular flexibility index (Phi) is 6.65. The quantitative estimate of drug-likeness (QED) is 0.556. The summed E-state index contributed by atoms with van der Waals surface area (Å²) in [6, 6.07) is 15.8. The second-order valence-electron chi connectivity index (χ2n) is 9.49. The summed E-state index contributed by atoms with van der Waals surface area (Å²) in [5.41, 5.74) is 4.24. The lowest BCUT2D eigenvalue weighted by molar-refractivity contribution is 0.143. The van der Waals surface area contributed by atoms with Crippen molar-refractivity contribution >= 4 is 0 Å². The number of methoxy groups -OCH3 is 1. The molecule has 172 valence electrons. The number of ether oxygens (including phenoxy) is 2. The first-order chi connectivity index (χ1) is 15.7. The van der Waals surface area contributed by atoms with Gasteiger partial charge in [-0.15, -0.1) is 0 Å². The molecule has 3 aliphatic rings. The third-order valence-corrected chi connectivity index (χ3v) is 7.50. The third kappa shape index (κ3) is 4.65. The normalized spacial score (nSPS) is 24.2. The number of fused-ring (bicyclic) bond motifs is 3. The fourth-order valence-corrected chi connectivity index (χ4v) is 5.70. The zero-order valence-corrected chi connectivity index (χ0v) is 19.1. The van der Waals surface area contributed by atoms with Crippen LogP contribution < -0.4 is 9.47 Å². The molecule has 0 radical (unpaired) electrons. The minimum Gasteiger partial charge on any atom is -0.497 e. The molecule has 32 heavy (non-hydrogen) atoms. The summed E-state index contributed by atoms with van der Waals surface area (Å²) in [6.45, 7) is 5.73. The van der Waals surface area contributed by atoms with E-state index in [1.54, 1.807) is 7.11 Å². The van der Waals surface area contributed by atoms with E-state index in [1.165, 1.54) is 36.1 Å². The summed E-state index contributed by atoms with van der Waals surface area (Å²) in [4.78, 5) is 5.01. The number of benzene rings is 2. The maximum Gasteiger partial charge on any atom is 0.119 e. The second kappa shape index (κ2) is 9.80. The van der Waals surface area contributed by atoms with E-state index in [2.05, 4.69) is 52.3 Å². The Morgan fingerprint density at radius 3 is 2.50 bits per heavy atom. The maximum atomic E-state index is 13.3. The average Bonchev–Trinajstić information content (AvgIpc) is 3.31. The van der Waals surface area contributed by atoms with E-state index >= 15 is 0 Å². The van der Waals surface area contributed by atoms with Crippen molar-refractivity contribution in [3.05, 3.63) is 59.2 Å². The molecule has 3 heterocycles. The van der Waals surface area contributed by atoms with Gasteiger partial charge in [0, 0.05) is 38.1 Å². The van der Waals surface area contributed by atoms with Crippen LogP contribution in [-0.2, 0) is 0 Å². The van der Waals surface area contributed by atoms with Gasteiger partial charge in [0.1, 0.15) is 17.7 Å². The summed E-state index contributed by atoms with van der Waals surface area (Å²) in [5, 5.41) is 0. The van der Waals surface area contributed by atoms with Crippen LogP contribution in [0, 0.1) is 0 Å². The molecule has 0 amide bonds. The number of alkyl halides is 1. The van der Waals surface area contributed by atoms with Gasteiger partial charge in [0.15, 0.2) is 0 Å². The van der Waals surface area contributed by atoms with Crippen molar-refractivity contribution in [2.24, 2.45) is 0 Å². The topological polar surface area (TPSA) is 24.9 Å². The molecule has 0 aromatic heterocycles. The van der Waals surface area contributed by atoms with Crippen LogP contribution in [0.25, 0.3) is 0 Å². The molecule has 2 aromatic rings. The fraction of sp³-hybridized carbons (Fsp3) is 0.556. The van der Waals surface area contributed by atoms with E-state index < -0.39 is 6.17 Å².